The van der Waals surface area contributed by atoms with Crippen LogP contribution in [0.4, 0.5) is 5.69 Å². The molecule has 0 saturated carbocycles. The summed E-state index contributed by atoms with van der Waals surface area (Å²) in [6, 6.07) is 9.21. The minimum atomic E-state index is -0.479. The van der Waals surface area contributed by atoms with Crippen molar-refractivity contribution in [2.45, 2.75) is 13.0 Å². The molecule has 1 atom stereocenters. The van der Waals surface area contributed by atoms with Gasteiger partial charge in [-0.15, -0.1) is 0 Å². The summed E-state index contributed by atoms with van der Waals surface area (Å²) >= 11 is 0. The van der Waals surface area contributed by atoms with E-state index >= 15 is 0 Å². The van der Waals surface area contributed by atoms with E-state index in [-0.39, 0.29) is 35.9 Å². The Morgan fingerprint density at radius 1 is 1.17 bits per heavy atom. The van der Waals surface area contributed by atoms with Crippen LogP contribution >= 0.6 is 0 Å². The zero-order valence-corrected chi connectivity index (χ0v) is 16.0. The first kappa shape index (κ1) is 18.7. The molecule has 10 heteroatoms. The molecule has 1 aliphatic heterocycles. The second-order valence-electron chi connectivity index (χ2n) is 7.05. The van der Waals surface area contributed by atoms with Crippen molar-refractivity contribution in [3.63, 3.8) is 0 Å². The molecular formula is C19H20N6O4. The maximum Gasteiger partial charge on any atom is 0.332 e. The van der Waals surface area contributed by atoms with Crippen molar-refractivity contribution in [1.29, 1.82) is 0 Å². The number of aromatic nitrogens is 4. The lowest BCUT2D eigenvalue weighted by Gasteiger charge is -2.16. The maximum absolute atomic E-state index is 12.5. The first-order chi connectivity index (χ1) is 13.9. The fourth-order valence-electron chi connectivity index (χ4n) is 3.51. The van der Waals surface area contributed by atoms with E-state index in [9.17, 15) is 19.2 Å². The maximum atomic E-state index is 12.5. The van der Waals surface area contributed by atoms with Gasteiger partial charge < -0.3 is 15.2 Å². The van der Waals surface area contributed by atoms with Gasteiger partial charge in [0.15, 0.2) is 5.65 Å². The number of H-pyrrole nitrogens is 1. The number of anilines is 1. The minimum Gasteiger partial charge on any atom is -0.349 e. The Morgan fingerprint density at radius 2 is 1.90 bits per heavy atom. The molecule has 150 valence electrons. The summed E-state index contributed by atoms with van der Waals surface area (Å²) < 4.78 is 2.26. The van der Waals surface area contributed by atoms with Crippen molar-refractivity contribution in [2.24, 2.45) is 20.0 Å². The number of hydrogen-bond donors (Lipinski definition) is 2. The van der Waals surface area contributed by atoms with Crippen molar-refractivity contribution < 1.29 is 9.59 Å². The normalized spacial score (nSPS) is 16.6. The van der Waals surface area contributed by atoms with E-state index in [0.29, 0.717) is 12.4 Å². The molecule has 3 heterocycles. The van der Waals surface area contributed by atoms with Gasteiger partial charge in [0.05, 0.1) is 12.5 Å². The lowest BCUT2D eigenvalue weighted by atomic mass is 10.1. The van der Waals surface area contributed by atoms with E-state index in [4.69, 9.17) is 0 Å². The smallest absolute Gasteiger partial charge is 0.332 e. The number of nitrogens with one attached hydrogen (secondary N) is 2. The van der Waals surface area contributed by atoms with Crippen molar-refractivity contribution >= 4 is 28.7 Å². The Hall–Kier alpha value is -3.69. The van der Waals surface area contributed by atoms with Crippen LogP contribution in [0.25, 0.3) is 11.2 Å². The van der Waals surface area contributed by atoms with E-state index in [2.05, 4.69) is 15.3 Å². The van der Waals surface area contributed by atoms with Crippen LogP contribution in [-0.2, 0) is 30.2 Å². The molecule has 1 aliphatic rings. The zero-order valence-electron chi connectivity index (χ0n) is 16.0. The molecular weight excluding hydrogens is 376 g/mol. The fourth-order valence-corrected chi connectivity index (χ4v) is 3.51. The average molecular weight is 396 g/mol. The van der Waals surface area contributed by atoms with Gasteiger partial charge >= 0.3 is 5.69 Å². The third-order valence-electron chi connectivity index (χ3n) is 5.14. The van der Waals surface area contributed by atoms with Gasteiger partial charge in [0, 0.05) is 32.7 Å². The van der Waals surface area contributed by atoms with Crippen LogP contribution in [0.15, 0.2) is 39.9 Å². The summed E-state index contributed by atoms with van der Waals surface area (Å²) in [6.07, 6.45) is 0.135. The van der Waals surface area contributed by atoms with Gasteiger partial charge in [-0.3, -0.25) is 23.5 Å². The Morgan fingerprint density at radius 3 is 2.62 bits per heavy atom. The Balaban J connectivity index is 1.47. The molecule has 0 aliphatic carbocycles. The summed E-state index contributed by atoms with van der Waals surface area (Å²) in [7, 11) is 2.91. The lowest BCUT2D eigenvalue weighted by molar-refractivity contribution is -0.126. The molecule has 0 spiro atoms. The van der Waals surface area contributed by atoms with Gasteiger partial charge in [-0.25, -0.2) is 9.78 Å². The number of aromatic amines is 1. The first-order valence-corrected chi connectivity index (χ1v) is 9.14. The summed E-state index contributed by atoms with van der Waals surface area (Å²) in [5.41, 5.74) is 0.240. The Bertz CT molecular complexity index is 1220. The van der Waals surface area contributed by atoms with Gasteiger partial charge in [-0.1, -0.05) is 18.2 Å². The summed E-state index contributed by atoms with van der Waals surface area (Å²) in [5.74, 6) is -0.474. The topological polar surface area (TPSA) is 122 Å². The monoisotopic (exact) mass is 396 g/mol. The zero-order chi connectivity index (χ0) is 20.7. The van der Waals surface area contributed by atoms with Gasteiger partial charge in [0.1, 0.15) is 11.3 Å². The van der Waals surface area contributed by atoms with E-state index in [1.54, 1.807) is 4.90 Å². The van der Waals surface area contributed by atoms with Gasteiger partial charge in [0.25, 0.3) is 5.56 Å². The van der Waals surface area contributed by atoms with E-state index in [1.807, 2.05) is 30.3 Å². The van der Waals surface area contributed by atoms with E-state index < -0.39 is 17.2 Å². The fraction of sp³-hybridized carbons (Fsp3) is 0.316. The highest BCUT2D eigenvalue weighted by Gasteiger charge is 2.35. The number of aryl methyl sites for hydroxylation is 1. The highest BCUT2D eigenvalue weighted by molar-refractivity contribution is 6.00. The van der Waals surface area contributed by atoms with Crippen molar-refractivity contribution in [1.82, 2.24) is 24.4 Å². The second kappa shape index (κ2) is 7.04. The molecule has 29 heavy (non-hydrogen) atoms. The van der Waals surface area contributed by atoms with Gasteiger partial charge in [0.2, 0.25) is 11.8 Å². The number of hydrogen-bond acceptors (Lipinski definition) is 5. The van der Waals surface area contributed by atoms with Crippen molar-refractivity contribution in [3.8, 4) is 0 Å². The number of rotatable bonds is 4. The molecule has 1 unspecified atom stereocenters. The van der Waals surface area contributed by atoms with E-state index in [1.165, 1.54) is 18.7 Å². The number of nitrogens with zero attached hydrogens (tertiary/aromatic N) is 4. The number of carbonyl (C=O) groups is 2. The number of amides is 2. The highest BCUT2D eigenvalue weighted by Crippen LogP contribution is 2.24. The molecule has 2 N–H and O–H groups in total. The van der Waals surface area contributed by atoms with E-state index in [0.717, 1.165) is 10.3 Å². The number of benzene rings is 1. The van der Waals surface area contributed by atoms with Crippen LogP contribution in [0.5, 0.6) is 0 Å². The lowest BCUT2D eigenvalue weighted by Crippen LogP contribution is -2.36. The molecule has 2 amide bonds. The molecule has 4 rings (SSSR count). The standard InChI is InChI=1S/C19H20N6O4/c1-23-16-15(18(28)24(2)19(23)29)21-13(22-16)9-20-17(27)11-8-14(26)25(10-11)12-6-4-3-5-7-12/h3-7,11H,8-10H2,1-2H3,(H,20,27)(H,21,22). The second-order valence-corrected chi connectivity index (χ2v) is 7.05. The number of fused-ring (bicyclic) bond motifs is 1. The number of para-hydroxylation sites is 1. The predicted molar refractivity (Wildman–Crippen MR) is 105 cm³/mol. The van der Waals surface area contributed by atoms with Crippen molar-refractivity contribution in [3.05, 3.63) is 57.0 Å². The number of carbonyl (C=O) groups excluding carboxylic acids is 2. The van der Waals surface area contributed by atoms with Crippen LogP contribution in [0, 0.1) is 5.92 Å². The quantitative estimate of drug-likeness (QED) is 0.623. The third kappa shape index (κ3) is 3.22. The Labute approximate surface area is 164 Å². The van der Waals surface area contributed by atoms with Crippen LogP contribution in [0.2, 0.25) is 0 Å². The predicted octanol–water partition coefficient (Wildman–Crippen LogP) is -0.370. The van der Waals surface area contributed by atoms with Crippen LogP contribution in [-0.4, -0.2) is 37.5 Å². The third-order valence-corrected chi connectivity index (χ3v) is 5.14. The molecule has 0 bridgehead atoms. The highest BCUT2D eigenvalue weighted by atomic mass is 16.2. The molecule has 10 nitrogen and oxygen atoms in total. The number of imidazole rings is 1. The van der Waals surface area contributed by atoms with Crippen LogP contribution in [0.1, 0.15) is 12.2 Å². The minimum absolute atomic E-state index is 0.0564. The Kier molecular flexibility index (Phi) is 4.53. The molecule has 1 fully saturated rings. The summed E-state index contributed by atoms with van der Waals surface area (Å²) in [5, 5.41) is 2.75. The van der Waals surface area contributed by atoms with Crippen LogP contribution < -0.4 is 21.5 Å². The van der Waals surface area contributed by atoms with Crippen LogP contribution in [0.3, 0.4) is 0 Å². The SMILES string of the molecule is Cn1c(=O)c2[nH]c(CNC(=O)C3CC(=O)N(c4ccccc4)C3)nc2n(C)c1=O. The molecule has 1 aromatic carbocycles. The molecule has 1 saturated heterocycles. The van der Waals surface area contributed by atoms with Gasteiger partial charge in [-0.05, 0) is 12.1 Å². The first-order valence-electron chi connectivity index (χ1n) is 9.14. The molecule has 2 aromatic heterocycles. The molecule has 0 radical (unpaired) electrons. The average Bonchev–Trinajstić information content (AvgIpc) is 3.33. The summed E-state index contributed by atoms with van der Waals surface area (Å²) in [4.78, 5) is 57.8. The largest absolute Gasteiger partial charge is 0.349 e. The molecule has 3 aromatic rings. The van der Waals surface area contributed by atoms with Gasteiger partial charge in [-0.2, -0.15) is 0 Å². The summed E-state index contributed by atoms with van der Waals surface area (Å²) in [6.45, 7) is 0.366. The van der Waals surface area contributed by atoms with Crippen molar-refractivity contribution in [2.75, 3.05) is 11.4 Å².